The molecule has 1 aromatic heterocycles. The Labute approximate surface area is 184 Å². The molecule has 0 aliphatic carbocycles. The molecular formula is C24H31N3O4. The molecule has 1 heterocycles. The Bertz CT molecular complexity index is 887. The lowest BCUT2D eigenvalue weighted by molar-refractivity contribution is 0.247. The molecule has 0 saturated heterocycles. The summed E-state index contributed by atoms with van der Waals surface area (Å²) in [6.45, 7) is 3.44. The normalized spacial score (nSPS) is 10.9. The summed E-state index contributed by atoms with van der Waals surface area (Å²) in [6.07, 6.45) is 6.67. The minimum Gasteiger partial charge on any atom is -0.493 e. The van der Waals surface area contributed by atoms with Crippen molar-refractivity contribution in [2.24, 2.45) is 0 Å². The van der Waals surface area contributed by atoms with E-state index in [4.69, 9.17) is 18.9 Å². The number of aryl methyl sites for hydroxylation is 1. The molecule has 7 nitrogen and oxygen atoms in total. The molecule has 31 heavy (non-hydrogen) atoms. The second-order valence-corrected chi connectivity index (χ2v) is 7.24. The first-order valence-corrected chi connectivity index (χ1v) is 10.3. The SMILES string of the molecule is COc1ccc(CN(CCCn2ccnc2)Cc2ccc(OC)c(OC)c2)cc1OC. The summed E-state index contributed by atoms with van der Waals surface area (Å²) in [5.41, 5.74) is 2.33. The highest BCUT2D eigenvalue weighted by molar-refractivity contribution is 5.44. The second kappa shape index (κ2) is 11.3. The van der Waals surface area contributed by atoms with E-state index in [2.05, 4.69) is 26.6 Å². The van der Waals surface area contributed by atoms with Gasteiger partial charge < -0.3 is 23.5 Å². The number of hydrogen-bond donors (Lipinski definition) is 0. The van der Waals surface area contributed by atoms with Crippen LogP contribution in [0.5, 0.6) is 23.0 Å². The van der Waals surface area contributed by atoms with E-state index in [1.54, 1.807) is 28.4 Å². The standard InChI is InChI=1S/C24H31N3O4/c1-28-21-8-6-19(14-23(21)30-3)16-27(12-5-11-26-13-10-25-18-26)17-20-7-9-22(29-2)24(15-20)31-4/h6-10,13-15,18H,5,11-12,16-17H2,1-4H3. The molecule has 0 unspecified atom stereocenters. The Balaban J connectivity index is 1.75. The van der Waals surface area contributed by atoms with Gasteiger partial charge in [-0.2, -0.15) is 0 Å². The Morgan fingerprint density at radius 1 is 0.774 bits per heavy atom. The number of hydrogen-bond acceptors (Lipinski definition) is 6. The number of imidazole rings is 1. The number of benzene rings is 2. The highest BCUT2D eigenvalue weighted by Crippen LogP contribution is 2.30. The zero-order valence-corrected chi connectivity index (χ0v) is 18.7. The molecule has 0 aliphatic heterocycles. The summed E-state index contributed by atoms with van der Waals surface area (Å²) in [4.78, 5) is 6.54. The van der Waals surface area contributed by atoms with Crippen LogP contribution in [0.2, 0.25) is 0 Å². The fraction of sp³-hybridized carbons (Fsp3) is 0.375. The number of ether oxygens (including phenoxy) is 4. The molecular weight excluding hydrogens is 394 g/mol. The van der Waals surface area contributed by atoms with E-state index in [-0.39, 0.29) is 0 Å². The Morgan fingerprint density at radius 3 is 1.77 bits per heavy atom. The van der Waals surface area contributed by atoms with E-state index in [0.29, 0.717) is 0 Å². The summed E-state index contributed by atoms with van der Waals surface area (Å²) in [5, 5.41) is 0. The number of methoxy groups -OCH3 is 4. The Kier molecular flexibility index (Phi) is 8.18. The first kappa shape index (κ1) is 22.5. The molecule has 0 atom stereocenters. The van der Waals surface area contributed by atoms with Gasteiger partial charge in [0.1, 0.15) is 0 Å². The lowest BCUT2D eigenvalue weighted by atomic mass is 10.1. The third-order valence-electron chi connectivity index (χ3n) is 5.16. The van der Waals surface area contributed by atoms with Gasteiger partial charge in [0, 0.05) is 38.6 Å². The van der Waals surface area contributed by atoms with Gasteiger partial charge in [0.05, 0.1) is 34.8 Å². The van der Waals surface area contributed by atoms with Gasteiger partial charge in [-0.05, 0) is 41.8 Å². The Hall–Kier alpha value is -3.19. The minimum absolute atomic E-state index is 0.734. The minimum atomic E-state index is 0.734. The van der Waals surface area contributed by atoms with Crippen molar-refractivity contribution in [3.8, 4) is 23.0 Å². The van der Waals surface area contributed by atoms with Crippen LogP contribution in [0.25, 0.3) is 0 Å². The highest BCUT2D eigenvalue weighted by atomic mass is 16.5. The van der Waals surface area contributed by atoms with Crippen LogP contribution in [0, 0.1) is 0 Å². The average Bonchev–Trinajstić information content (AvgIpc) is 3.32. The first-order valence-electron chi connectivity index (χ1n) is 10.3. The van der Waals surface area contributed by atoms with Crippen molar-refractivity contribution >= 4 is 0 Å². The topological polar surface area (TPSA) is 58.0 Å². The first-order chi connectivity index (χ1) is 15.2. The molecule has 0 aliphatic rings. The monoisotopic (exact) mass is 425 g/mol. The third-order valence-corrected chi connectivity index (χ3v) is 5.16. The average molecular weight is 426 g/mol. The van der Waals surface area contributed by atoms with Crippen molar-refractivity contribution in [2.75, 3.05) is 35.0 Å². The van der Waals surface area contributed by atoms with Crippen LogP contribution in [0.4, 0.5) is 0 Å². The van der Waals surface area contributed by atoms with Crippen molar-refractivity contribution in [1.82, 2.24) is 14.5 Å². The molecule has 0 N–H and O–H groups in total. The van der Waals surface area contributed by atoms with Crippen molar-refractivity contribution in [3.63, 3.8) is 0 Å². The molecule has 3 aromatic rings. The van der Waals surface area contributed by atoms with Gasteiger partial charge in [-0.3, -0.25) is 4.90 Å². The molecule has 2 aromatic carbocycles. The van der Waals surface area contributed by atoms with Gasteiger partial charge in [0.25, 0.3) is 0 Å². The zero-order chi connectivity index (χ0) is 22.1. The maximum absolute atomic E-state index is 5.48. The van der Waals surface area contributed by atoms with Crippen LogP contribution in [-0.2, 0) is 19.6 Å². The van der Waals surface area contributed by atoms with Crippen molar-refractivity contribution < 1.29 is 18.9 Å². The van der Waals surface area contributed by atoms with Gasteiger partial charge in [-0.15, -0.1) is 0 Å². The summed E-state index contributed by atoms with van der Waals surface area (Å²) < 4.78 is 23.8. The number of rotatable bonds is 12. The summed E-state index contributed by atoms with van der Waals surface area (Å²) in [5.74, 6) is 2.95. The van der Waals surface area contributed by atoms with Crippen LogP contribution >= 0.6 is 0 Å². The lowest BCUT2D eigenvalue weighted by Crippen LogP contribution is -2.25. The molecule has 0 radical (unpaired) electrons. The van der Waals surface area contributed by atoms with Crippen LogP contribution in [0.1, 0.15) is 17.5 Å². The van der Waals surface area contributed by atoms with E-state index in [1.165, 1.54) is 11.1 Å². The van der Waals surface area contributed by atoms with E-state index >= 15 is 0 Å². The quantitative estimate of drug-likeness (QED) is 0.437. The highest BCUT2D eigenvalue weighted by Gasteiger charge is 2.12. The third kappa shape index (κ3) is 6.15. The number of nitrogens with zero attached hydrogens (tertiary/aromatic N) is 3. The molecule has 166 valence electrons. The summed E-state index contributed by atoms with van der Waals surface area (Å²) in [6, 6.07) is 12.1. The molecule has 0 fully saturated rings. The molecule has 0 saturated carbocycles. The molecule has 0 amide bonds. The largest absolute Gasteiger partial charge is 0.493 e. The van der Waals surface area contributed by atoms with E-state index in [1.807, 2.05) is 43.0 Å². The predicted molar refractivity (Wildman–Crippen MR) is 120 cm³/mol. The fourth-order valence-corrected chi connectivity index (χ4v) is 3.58. The zero-order valence-electron chi connectivity index (χ0n) is 18.7. The van der Waals surface area contributed by atoms with E-state index in [9.17, 15) is 0 Å². The molecule has 0 spiro atoms. The van der Waals surface area contributed by atoms with Gasteiger partial charge in [0.2, 0.25) is 0 Å². The summed E-state index contributed by atoms with van der Waals surface area (Å²) in [7, 11) is 6.62. The van der Waals surface area contributed by atoms with Crippen molar-refractivity contribution in [1.29, 1.82) is 0 Å². The van der Waals surface area contributed by atoms with Gasteiger partial charge in [-0.1, -0.05) is 12.1 Å². The Morgan fingerprint density at radius 2 is 1.32 bits per heavy atom. The van der Waals surface area contributed by atoms with Crippen LogP contribution in [0.3, 0.4) is 0 Å². The van der Waals surface area contributed by atoms with Gasteiger partial charge >= 0.3 is 0 Å². The maximum Gasteiger partial charge on any atom is 0.161 e. The molecule has 3 rings (SSSR count). The van der Waals surface area contributed by atoms with Gasteiger partial charge in [-0.25, -0.2) is 4.98 Å². The smallest absolute Gasteiger partial charge is 0.161 e. The summed E-state index contributed by atoms with van der Waals surface area (Å²) >= 11 is 0. The van der Waals surface area contributed by atoms with Crippen LogP contribution in [-0.4, -0.2) is 49.4 Å². The molecule has 0 bridgehead atoms. The van der Waals surface area contributed by atoms with E-state index in [0.717, 1.165) is 55.6 Å². The molecule has 7 heteroatoms. The predicted octanol–water partition coefficient (Wildman–Crippen LogP) is 4.01. The lowest BCUT2D eigenvalue weighted by Gasteiger charge is -2.24. The fourth-order valence-electron chi connectivity index (χ4n) is 3.58. The van der Waals surface area contributed by atoms with Crippen molar-refractivity contribution in [2.45, 2.75) is 26.1 Å². The number of aromatic nitrogens is 2. The maximum atomic E-state index is 5.48. The second-order valence-electron chi connectivity index (χ2n) is 7.24. The van der Waals surface area contributed by atoms with Crippen LogP contribution < -0.4 is 18.9 Å². The van der Waals surface area contributed by atoms with Gasteiger partial charge in [0.15, 0.2) is 23.0 Å². The van der Waals surface area contributed by atoms with Crippen LogP contribution in [0.15, 0.2) is 55.1 Å². The van der Waals surface area contributed by atoms with Crippen molar-refractivity contribution in [3.05, 3.63) is 66.2 Å². The van der Waals surface area contributed by atoms with E-state index < -0.39 is 0 Å².